The Morgan fingerprint density at radius 3 is 0.761 bits per heavy atom. The van der Waals surface area contributed by atoms with E-state index in [1.807, 2.05) is 0 Å². The van der Waals surface area contributed by atoms with E-state index in [-0.39, 0.29) is 11.5 Å². The molecule has 0 aliphatic carbocycles. The van der Waals surface area contributed by atoms with Crippen LogP contribution in [-0.4, -0.2) is 99.2 Å². The summed E-state index contributed by atoms with van der Waals surface area (Å²) in [5.74, 6) is 0.162. The van der Waals surface area contributed by atoms with E-state index >= 15 is 0 Å². The second-order valence-electron chi connectivity index (χ2n) is 12.0. The third-order valence-electron chi connectivity index (χ3n) is 7.03. The molecule has 2 aromatic rings. The molecule has 26 heteroatoms. The summed E-state index contributed by atoms with van der Waals surface area (Å²) in [6, 6.07) is 13.0. The van der Waals surface area contributed by atoms with Crippen molar-refractivity contribution in [3.05, 3.63) is 48.5 Å². The van der Waals surface area contributed by atoms with Crippen LogP contribution in [0.1, 0.15) is 0 Å². The lowest BCUT2D eigenvalue weighted by atomic mass is 10.3. The summed E-state index contributed by atoms with van der Waals surface area (Å²) in [4.78, 5) is 0. The van der Waals surface area contributed by atoms with Gasteiger partial charge in [-0.1, -0.05) is 24.3 Å². The fourth-order valence-electron chi connectivity index (χ4n) is 6.01. The van der Waals surface area contributed by atoms with Gasteiger partial charge in [0.25, 0.3) is 0 Å². The highest BCUT2D eigenvalue weighted by Crippen LogP contribution is 2.44. The van der Waals surface area contributed by atoms with Crippen molar-refractivity contribution in [2.75, 3.05) is 0 Å². The van der Waals surface area contributed by atoms with Gasteiger partial charge in [-0.05, 0) is 34.6 Å². The first kappa shape index (κ1) is 34.1. The standard InChI is InChI=1S/C20H34O16Si10/c1-39-23-37(19-13-9-17(21)10-14-19)24-40(2)31-45(7)33-42(4)26-38(20-15-11-18(22)12-16-20)25-41(3,29-43(5,27-39)35-45)30-44(6,28-39)36-46(8,32-40)34-42/h9-16,21-22H,1-8H3. The number of fused-ring (bicyclic) bond motifs is 4. The summed E-state index contributed by atoms with van der Waals surface area (Å²) in [5.41, 5.74) is 0. The van der Waals surface area contributed by atoms with Gasteiger partial charge in [-0.3, -0.25) is 0 Å². The van der Waals surface area contributed by atoms with E-state index in [4.69, 9.17) is 57.6 Å². The average molecular weight is 811 g/mol. The first-order valence-electron chi connectivity index (χ1n) is 14.3. The van der Waals surface area contributed by atoms with Crippen molar-refractivity contribution in [3.63, 3.8) is 0 Å². The summed E-state index contributed by atoms with van der Waals surface area (Å²) >= 11 is 0. The predicted molar refractivity (Wildman–Crippen MR) is 175 cm³/mol. The van der Waals surface area contributed by atoms with Crippen LogP contribution in [0.15, 0.2) is 48.5 Å². The van der Waals surface area contributed by atoms with E-state index in [1.165, 1.54) is 0 Å². The Morgan fingerprint density at radius 1 is 0.348 bits per heavy atom. The van der Waals surface area contributed by atoms with Crippen molar-refractivity contribution in [3.8, 4) is 11.5 Å². The quantitative estimate of drug-likeness (QED) is 0.413. The van der Waals surface area contributed by atoms with Crippen LogP contribution in [0.4, 0.5) is 0 Å². The summed E-state index contributed by atoms with van der Waals surface area (Å²) < 4.78 is 95.2. The molecule has 2 N–H and O–H groups in total. The van der Waals surface area contributed by atoms with E-state index in [2.05, 4.69) is 0 Å². The van der Waals surface area contributed by atoms with Crippen LogP contribution in [0.25, 0.3) is 0 Å². The molecule has 2 radical (unpaired) electrons. The second kappa shape index (κ2) is 11.1. The fraction of sp³-hybridized carbons (Fsp3) is 0.400. The van der Waals surface area contributed by atoms with Crippen LogP contribution < -0.4 is 10.4 Å². The predicted octanol–water partition coefficient (Wildman–Crippen LogP) is 1.04. The van der Waals surface area contributed by atoms with Crippen molar-refractivity contribution < 1.29 is 67.8 Å². The van der Waals surface area contributed by atoms with E-state index in [1.54, 1.807) is 101 Å². The molecule has 0 unspecified atom stereocenters. The Morgan fingerprint density at radius 2 is 0.543 bits per heavy atom. The van der Waals surface area contributed by atoms with Crippen molar-refractivity contribution >= 4 is 99.4 Å². The van der Waals surface area contributed by atoms with Crippen LogP contribution in [0.2, 0.25) is 52.4 Å². The zero-order valence-electron chi connectivity index (χ0n) is 26.2. The van der Waals surface area contributed by atoms with Gasteiger partial charge in [-0.2, -0.15) is 0 Å². The lowest BCUT2D eigenvalue weighted by Gasteiger charge is -2.56. The van der Waals surface area contributed by atoms with Gasteiger partial charge >= 0.3 is 89.0 Å². The summed E-state index contributed by atoms with van der Waals surface area (Å²) in [5, 5.41) is 21.3. The zero-order valence-corrected chi connectivity index (χ0v) is 36.2. The lowest BCUT2D eigenvalue weighted by Crippen LogP contribution is -2.82. The first-order chi connectivity index (χ1) is 21.2. The number of aromatic hydroxyl groups is 2. The Hall–Kier alpha value is -0.351. The zero-order chi connectivity index (χ0) is 33.0. The maximum Gasteiger partial charge on any atom is 0.475 e. The molecule has 0 atom stereocenters. The molecule has 6 aliphatic heterocycles. The Balaban J connectivity index is 1.46. The van der Waals surface area contributed by atoms with Gasteiger partial charge in [0, 0.05) is 52.4 Å². The summed E-state index contributed by atoms with van der Waals surface area (Å²) in [6.45, 7) is 13.7. The van der Waals surface area contributed by atoms with E-state index < -0.39 is 89.0 Å². The number of hydrogen-bond donors (Lipinski definition) is 2. The molecule has 8 rings (SSSR count). The second-order valence-corrected chi connectivity index (χ2v) is 39.5. The van der Waals surface area contributed by atoms with E-state index in [9.17, 15) is 10.2 Å². The molecule has 8 bridgehead atoms. The molecule has 0 amide bonds. The number of hydrogen-bond acceptors (Lipinski definition) is 16. The summed E-state index contributed by atoms with van der Waals surface area (Å²) in [6.07, 6.45) is 0. The van der Waals surface area contributed by atoms with Crippen molar-refractivity contribution in [2.24, 2.45) is 0 Å². The Kier molecular flexibility index (Phi) is 8.21. The molecule has 16 nitrogen and oxygen atoms in total. The molecular formula is C20H34O16Si10. The monoisotopic (exact) mass is 810 g/mol. The maximum atomic E-state index is 10.0. The highest BCUT2D eigenvalue weighted by Gasteiger charge is 2.74. The molecular weight excluding hydrogens is 777 g/mol. The number of benzene rings is 2. The van der Waals surface area contributed by atoms with Gasteiger partial charge in [-0.15, -0.1) is 0 Å². The minimum Gasteiger partial charge on any atom is -0.508 e. The van der Waals surface area contributed by atoms with E-state index in [0.29, 0.717) is 10.4 Å². The molecule has 6 saturated heterocycles. The average Bonchev–Trinajstić information content (AvgIpc) is 2.83. The minimum absolute atomic E-state index is 0.0811. The number of phenols is 2. The molecule has 6 aliphatic rings. The smallest absolute Gasteiger partial charge is 0.475 e. The van der Waals surface area contributed by atoms with Gasteiger partial charge in [0.05, 0.1) is 0 Å². The van der Waals surface area contributed by atoms with Crippen LogP contribution in [0.3, 0.4) is 0 Å². The van der Waals surface area contributed by atoms with E-state index in [0.717, 1.165) is 0 Å². The Labute approximate surface area is 278 Å². The SMILES string of the molecule is C[Si]12O[Si](c3ccc(O)cc3)O[Si]3(C)O[Si]4(C)O[Si]5(C)O[Si](c6ccc(O)cc6)O[Si](C)(O[Si](C)(O1)O4)O[Si](C)(O2)O[Si](C)(O3)O5. The third-order valence-corrected chi connectivity index (χ3v) is 47.2. The fourth-order valence-corrected chi connectivity index (χ4v) is 55.2. The van der Waals surface area contributed by atoms with Crippen LogP contribution >= 0.6 is 0 Å². The molecule has 0 aromatic heterocycles. The molecule has 6 heterocycles. The molecule has 6 fully saturated rings. The highest BCUT2D eigenvalue weighted by atomic mass is 28.6. The Bertz CT molecular complexity index is 1300. The number of phenolic OH excluding ortho intramolecular Hbond substituents is 2. The first-order valence-corrected chi connectivity index (χ1v) is 34.7. The largest absolute Gasteiger partial charge is 0.508 e. The molecule has 2 aromatic carbocycles. The summed E-state index contributed by atoms with van der Waals surface area (Å²) in [7, 11) is -36.2. The van der Waals surface area contributed by atoms with Crippen molar-refractivity contribution in [1.82, 2.24) is 0 Å². The van der Waals surface area contributed by atoms with Gasteiger partial charge in [0.1, 0.15) is 11.5 Å². The maximum absolute atomic E-state index is 10.0. The molecule has 0 saturated carbocycles. The molecule has 0 spiro atoms. The normalized spacial score (nSPS) is 46.6. The van der Waals surface area contributed by atoms with Crippen LogP contribution in [-0.2, 0) is 57.6 Å². The van der Waals surface area contributed by atoms with Crippen molar-refractivity contribution in [2.45, 2.75) is 52.4 Å². The number of rotatable bonds is 2. The van der Waals surface area contributed by atoms with Gasteiger partial charge < -0.3 is 67.8 Å². The van der Waals surface area contributed by atoms with Gasteiger partial charge in [-0.25, -0.2) is 0 Å². The van der Waals surface area contributed by atoms with Crippen LogP contribution in [0, 0.1) is 0 Å². The lowest BCUT2D eigenvalue weighted by molar-refractivity contribution is 0.0175. The highest BCUT2D eigenvalue weighted by molar-refractivity contribution is 7.00. The topological polar surface area (TPSA) is 170 Å². The third kappa shape index (κ3) is 6.85. The van der Waals surface area contributed by atoms with Crippen LogP contribution in [0.5, 0.6) is 11.5 Å². The van der Waals surface area contributed by atoms with Crippen molar-refractivity contribution in [1.29, 1.82) is 0 Å². The molecule has 46 heavy (non-hydrogen) atoms. The van der Waals surface area contributed by atoms with Gasteiger partial charge in [0.15, 0.2) is 0 Å². The van der Waals surface area contributed by atoms with Gasteiger partial charge in [0.2, 0.25) is 0 Å². The minimum atomic E-state index is -3.94. The molecule has 250 valence electrons.